The van der Waals surface area contributed by atoms with E-state index in [2.05, 4.69) is 10.1 Å². The van der Waals surface area contributed by atoms with Gasteiger partial charge in [0.05, 0.1) is 23.3 Å². The van der Waals surface area contributed by atoms with Crippen LogP contribution in [0.2, 0.25) is 0 Å². The summed E-state index contributed by atoms with van der Waals surface area (Å²) in [6.45, 7) is 3.77. The molecular weight excluding hydrogens is 461 g/mol. The quantitative estimate of drug-likeness (QED) is 0.517. The number of hydrogen-bond donors (Lipinski definition) is 0. The molecular formula is C25H25F3N4O3. The van der Waals surface area contributed by atoms with Crippen LogP contribution in [0.1, 0.15) is 42.2 Å². The molecule has 7 nitrogen and oxygen atoms in total. The number of carbonyl (C=O) groups excluding carboxylic acids is 1. The summed E-state index contributed by atoms with van der Waals surface area (Å²) in [5.41, 5.74) is 0.349. The number of ether oxygens (including phenoxy) is 2. The monoisotopic (exact) mass is 486 g/mol. The predicted molar refractivity (Wildman–Crippen MR) is 121 cm³/mol. The minimum absolute atomic E-state index is 0.0781. The molecule has 1 aromatic carbocycles. The first kappa shape index (κ1) is 23.2. The summed E-state index contributed by atoms with van der Waals surface area (Å²) in [5, 5.41) is 4.63. The van der Waals surface area contributed by atoms with Gasteiger partial charge in [0.25, 0.3) is 5.91 Å². The number of nitrogens with zero attached hydrogens (tertiary/aromatic N) is 4. The number of pyridine rings is 1. The highest BCUT2D eigenvalue weighted by Crippen LogP contribution is 2.39. The van der Waals surface area contributed by atoms with Crippen molar-refractivity contribution in [1.29, 1.82) is 0 Å². The smallest absolute Gasteiger partial charge is 0.417 e. The number of fused-ring (bicyclic) bond motifs is 1. The highest BCUT2D eigenvalue weighted by atomic mass is 19.4. The maximum atomic E-state index is 13.8. The van der Waals surface area contributed by atoms with Gasteiger partial charge in [0.1, 0.15) is 6.61 Å². The van der Waals surface area contributed by atoms with Crippen molar-refractivity contribution in [1.82, 2.24) is 19.7 Å². The van der Waals surface area contributed by atoms with Gasteiger partial charge in [0, 0.05) is 31.8 Å². The molecule has 0 aliphatic carbocycles. The van der Waals surface area contributed by atoms with Crippen LogP contribution >= 0.6 is 0 Å². The molecule has 0 N–H and O–H groups in total. The molecule has 1 fully saturated rings. The number of aromatic nitrogens is 3. The molecule has 4 heterocycles. The first-order valence-corrected chi connectivity index (χ1v) is 11.5. The van der Waals surface area contributed by atoms with Crippen molar-refractivity contribution in [2.45, 2.75) is 44.4 Å². The van der Waals surface area contributed by atoms with Crippen LogP contribution in [0.25, 0.3) is 11.1 Å². The molecule has 0 saturated carbocycles. The molecule has 1 atom stereocenters. The van der Waals surface area contributed by atoms with Gasteiger partial charge in [0.15, 0.2) is 5.69 Å². The lowest BCUT2D eigenvalue weighted by Crippen LogP contribution is -2.49. The second kappa shape index (κ2) is 8.90. The van der Waals surface area contributed by atoms with Crippen LogP contribution in [0, 0.1) is 0 Å². The van der Waals surface area contributed by atoms with Crippen molar-refractivity contribution in [2.75, 3.05) is 19.8 Å². The van der Waals surface area contributed by atoms with Gasteiger partial charge >= 0.3 is 6.18 Å². The number of rotatable bonds is 5. The zero-order valence-corrected chi connectivity index (χ0v) is 19.2. The Labute approximate surface area is 200 Å². The van der Waals surface area contributed by atoms with E-state index < -0.39 is 17.3 Å². The fourth-order valence-corrected chi connectivity index (χ4v) is 4.65. The fraction of sp³-hybridized carbons (Fsp3) is 0.400. The van der Waals surface area contributed by atoms with Crippen molar-refractivity contribution in [2.24, 2.45) is 0 Å². The lowest BCUT2D eigenvalue weighted by molar-refractivity contribution is -0.137. The standard InChI is InChI=1S/C25H25F3N4O3/c1-24(16-35-19-10-9-18(15-29-19)25(26,27)28)11-5-12-31(24)22(33)21-20(17-7-3-2-4-8-17)23-32(30-21)13-6-14-34-23/h2-4,7-10,15H,5-6,11-14,16H2,1H3/t24-/m0/s1. The number of likely N-dealkylation sites (tertiary alicyclic amines) is 1. The zero-order chi connectivity index (χ0) is 24.6. The first-order chi connectivity index (χ1) is 16.8. The molecule has 0 bridgehead atoms. The molecule has 3 aromatic rings. The summed E-state index contributed by atoms with van der Waals surface area (Å²) in [4.78, 5) is 19.4. The maximum Gasteiger partial charge on any atom is 0.417 e. The normalized spacial score (nSPS) is 19.8. The number of halogens is 3. The minimum atomic E-state index is -4.46. The van der Waals surface area contributed by atoms with Gasteiger partial charge in [-0.3, -0.25) is 4.79 Å². The third-order valence-corrected chi connectivity index (χ3v) is 6.51. The molecule has 0 radical (unpaired) electrons. The molecule has 2 aliphatic heterocycles. The second-order valence-electron chi connectivity index (χ2n) is 9.05. The number of benzene rings is 1. The van der Waals surface area contributed by atoms with Crippen LogP contribution in [0.4, 0.5) is 13.2 Å². The van der Waals surface area contributed by atoms with Gasteiger partial charge in [-0.1, -0.05) is 30.3 Å². The summed E-state index contributed by atoms with van der Waals surface area (Å²) in [7, 11) is 0. The lowest BCUT2D eigenvalue weighted by Gasteiger charge is -2.34. The summed E-state index contributed by atoms with van der Waals surface area (Å²) in [6.07, 6.45) is -1.44. The van der Waals surface area contributed by atoms with E-state index in [9.17, 15) is 18.0 Å². The third kappa shape index (κ3) is 4.44. The Kier molecular flexibility index (Phi) is 5.90. The number of carbonyl (C=O) groups is 1. The topological polar surface area (TPSA) is 69.5 Å². The van der Waals surface area contributed by atoms with Crippen molar-refractivity contribution < 1.29 is 27.4 Å². The Morgan fingerprint density at radius 2 is 1.94 bits per heavy atom. The van der Waals surface area contributed by atoms with Gasteiger partial charge in [-0.25, -0.2) is 9.67 Å². The van der Waals surface area contributed by atoms with Crippen LogP contribution in [0.5, 0.6) is 11.8 Å². The van der Waals surface area contributed by atoms with E-state index in [0.717, 1.165) is 30.7 Å². The number of aryl methyl sites for hydroxylation is 1. The van der Waals surface area contributed by atoms with Gasteiger partial charge in [-0.05, 0) is 31.4 Å². The van der Waals surface area contributed by atoms with Crippen molar-refractivity contribution in [3.05, 3.63) is 59.9 Å². The van der Waals surface area contributed by atoms with Gasteiger partial charge in [-0.2, -0.15) is 18.3 Å². The van der Waals surface area contributed by atoms with E-state index in [4.69, 9.17) is 9.47 Å². The maximum absolute atomic E-state index is 13.8. The molecule has 184 valence electrons. The van der Waals surface area contributed by atoms with Gasteiger partial charge in [-0.15, -0.1) is 0 Å². The van der Waals surface area contributed by atoms with E-state index in [1.807, 2.05) is 37.3 Å². The Hall–Kier alpha value is -3.56. The van der Waals surface area contributed by atoms with Crippen molar-refractivity contribution >= 4 is 5.91 Å². The molecule has 35 heavy (non-hydrogen) atoms. The van der Waals surface area contributed by atoms with Crippen LogP contribution in [-0.4, -0.2) is 50.9 Å². The third-order valence-electron chi connectivity index (χ3n) is 6.51. The molecule has 2 aliphatic rings. The molecule has 5 rings (SSSR count). The fourth-order valence-electron chi connectivity index (χ4n) is 4.65. The largest absolute Gasteiger partial charge is 0.477 e. The summed E-state index contributed by atoms with van der Waals surface area (Å²) in [6, 6.07) is 11.7. The van der Waals surface area contributed by atoms with E-state index >= 15 is 0 Å². The van der Waals surface area contributed by atoms with Crippen LogP contribution in [-0.2, 0) is 12.7 Å². The number of alkyl halides is 3. The SMILES string of the molecule is C[C@@]1(COc2ccc(C(F)(F)F)cn2)CCCN1C(=O)c1nn2c(c1-c1ccccc1)OCCC2. The summed E-state index contributed by atoms with van der Waals surface area (Å²) >= 11 is 0. The summed E-state index contributed by atoms with van der Waals surface area (Å²) < 4.78 is 51.8. The van der Waals surface area contributed by atoms with Crippen molar-refractivity contribution in [3.8, 4) is 22.9 Å². The van der Waals surface area contributed by atoms with Crippen LogP contribution in [0.15, 0.2) is 48.7 Å². The molecule has 1 saturated heterocycles. The highest BCUT2D eigenvalue weighted by Gasteiger charge is 2.43. The predicted octanol–water partition coefficient (Wildman–Crippen LogP) is 4.82. The van der Waals surface area contributed by atoms with E-state index in [0.29, 0.717) is 43.3 Å². The average Bonchev–Trinajstić information content (AvgIpc) is 3.44. The van der Waals surface area contributed by atoms with E-state index in [-0.39, 0.29) is 18.4 Å². The zero-order valence-electron chi connectivity index (χ0n) is 19.2. The average molecular weight is 486 g/mol. The van der Waals surface area contributed by atoms with Crippen LogP contribution in [0.3, 0.4) is 0 Å². The Morgan fingerprint density at radius 3 is 2.66 bits per heavy atom. The molecule has 10 heteroatoms. The Bertz CT molecular complexity index is 1210. The summed E-state index contributed by atoms with van der Waals surface area (Å²) in [5.74, 6) is 0.449. The molecule has 0 unspecified atom stereocenters. The number of amides is 1. The highest BCUT2D eigenvalue weighted by molar-refractivity contribution is 6.01. The van der Waals surface area contributed by atoms with E-state index in [1.54, 1.807) is 9.58 Å². The molecule has 0 spiro atoms. The molecule has 2 aromatic heterocycles. The minimum Gasteiger partial charge on any atom is -0.477 e. The van der Waals surface area contributed by atoms with Gasteiger partial charge in [0.2, 0.25) is 11.8 Å². The first-order valence-electron chi connectivity index (χ1n) is 11.5. The Morgan fingerprint density at radius 1 is 1.14 bits per heavy atom. The number of hydrogen-bond acceptors (Lipinski definition) is 5. The van der Waals surface area contributed by atoms with Gasteiger partial charge < -0.3 is 14.4 Å². The Balaban J connectivity index is 1.40. The molecule has 1 amide bonds. The second-order valence-corrected chi connectivity index (χ2v) is 9.05. The lowest BCUT2D eigenvalue weighted by atomic mass is 9.99. The van der Waals surface area contributed by atoms with E-state index in [1.165, 1.54) is 6.07 Å². The van der Waals surface area contributed by atoms with Crippen molar-refractivity contribution in [3.63, 3.8) is 0 Å². The van der Waals surface area contributed by atoms with Crippen LogP contribution < -0.4 is 9.47 Å².